The maximum atomic E-state index is 11.5. The molecular weight excluding hydrogens is 214 g/mol. The number of nitrogens with one attached hydrogen (secondary N) is 2. The van der Waals surface area contributed by atoms with Gasteiger partial charge in [-0.25, -0.2) is 4.79 Å². The van der Waals surface area contributed by atoms with E-state index in [0.29, 0.717) is 6.54 Å². The second-order valence-electron chi connectivity index (χ2n) is 4.35. The van der Waals surface area contributed by atoms with Crippen molar-refractivity contribution in [3.63, 3.8) is 0 Å². The Morgan fingerprint density at radius 1 is 1.41 bits per heavy atom. The number of aryl methyl sites for hydroxylation is 1. The Morgan fingerprint density at radius 3 is 2.82 bits per heavy atom. The summed E-state index contributed by atoms with van der Waals surface area (Å²) in [6.45, 7) is 4.54. The van der Waals surface area contributed by atoms with Gasteiger partial charge < -0.3 is 16.4 Å². The average Bonchev–Trinajstić information content (AvgIpc) is 2.25. The van der Waals surface area contributed by atoms with Crippen molar-refractivity contribution in [2.24, 2.45) is 5.73 Å². The Bertz CT molecular complexity index is 363. The molecule has 17 heavy (non-hydrogen) atoms. The van der Waals surface area contributed by atoms with Crippen molar-refractivity contribution >= 4 is 11.7 Å². The van der Waals surface area contributed by atoms with E-state index in [9.17, 15) is 4.79 Å². The zero-order valence-electron chi connectivity index (χ0n) is 10.5. The van der Waals surface area contributed by atoms with Gasteiger partial charge in [-0.2, -0.15) is 0 Å². The van der Waals surface area contributed by atoms with E-state index in [0.717, 1.165) is 18.5 Å². The van der Waals surface area contributed by atoms with Crippen LogP contribution < -0.4 is 16.4 Å². The van der Waals surface area contributed by atoms with Gasteiger partial charge in [0.25, 0.3) is 0 Å². The summed E-state index contributed by atoms with van der Waals surface area (Å²) >= 11 is 0. The Labute approximate surface area is 103 Å². The van der Waals surface area contributed by atoms with Crippen LogP contribution in [-0.2, 0) is 6.42 Å². The Morgan fingerprint density at radius 2 is 2.18 bits per heavy atom. The summed E-state index contributed by atoms with van der Waals surface area (Å²) in [6, 6.07) is 7.81. The normalized spacial score (nSPS) is 10.4. The fourth-order valence-electron chi connectivity index (χ4n) is 1.54. The van der Waals surface area contributed by atoms with Crippen molar-refractivity contribution in [3.05, 3.63) is 29.8 Å². The molecule has 0 unspecified atom stereocenters. The minimum atomic E-state index is -0.170. The molecule has 1 aromatic carbocycles. The van der Waals surface area contributed by atoms with E-state index in [1.807, 2.05) is 38.1 Å². The molecular formula is C13H21N3O. The monoisotopic (exact) mass is 235 g/mol. The van der Waals surface area contributed by atoms with Gasteiger partial charge in [-0.3, -0.25) is 0 Å². The van der Waals surface area contributed by atoms with Crippen LogP contribution in [0.4, 0.5) is 10.5 Å². The Kier molecular flexibility index (Phi) is 5.49. The molecule has 0 aliphatic rings. The minimum absolute atomic E-state index is 0.135. The van der Waals surface area contributed by atoms with Gasteiger partial charge in [-0.15, -0.1) is 0 Å². The van der Waals surface area contributed by atoms with Crippen LogP contribution in [0, 0.1) is 0 Å². The molecule has 1 aromatic rings. The van der Waals surface area contributed by atoms with Crippen molar-refractivity contribution in [1.82, 2.24) is 5.32 Å². The molecule has 0 fully saturated rings. The summed E-state index contributed by atoms with van der Waals surface area (Å²) in [5.74, 6) is 0. The highest BCUT2D eigenvalue weighted by atomic mass is 16.2. The SMILES string of the molecule is CC(C)NC(=O)Nc1cccc(CCCN)c1. The number of carbonyl (C=O) groups excluding carboxylic acids is 1. The van der Waals surface area contributed by atoms with Gasteiger partial charge in [-0.05, 0) is 50.9 Å². The number of benzene rings is 1. The zero-order chi connectivity index (χ0) is 12.7. The summed E-state index contributed by atoms with van der Waals surface area (Å²) < 4.78 is 0. The Balaban J connectivity index is 2.56. The van der Waals surface area contributed by atoms with Gasteiger partial charge >= 0.3 is 6.03 Å². The third-order valence-electron chi connectivity index (χ3n) is 2.27. The van der Waals surface area contributed by atoms with Gasteiger partial charge in [0, 0.05) is 11.7 Å². The smallest absolute Gasteiger partial charge is 0.319 e. The number of hydrogen-bond donors (Lipinski definition) is 3. The minimum Gasteiger partial charge on any atom is -0.336 e. The maximum absolute atomic E-state index is 11.5. The van der Waals surface area contributed by atoms with Crippen LogP contribution in [0.3, 0.4) is 0 Å². The number of amides is 2. The number of anilines is 1. The van der Waals surface area contributed by atoms with Crippen molar-refractivity contribution in [2.45, 2.75) is 32.7 Å². The predicted molar refractivity (Wildman–Crippen MR) is 71.1 cm³/mol. The number of rotatable bonds is 5. The van der Waals surface area contributed by atoms with Crippen LogP contribution in [0.2, 0.25) is 0 Å². The fraction of sp³-hybridized carbons (Fsp3) is 0.462. The van der Waals surface area contributed by atoms with E-state index < -0.39 is 0 Å². The molecule has 0 spiro atoms. The molecule has 0 aliphatic carbocycles. The first-order valence-corrected chi connectivity index (χ1v) is 5.98. The lowest BCUT2D eigenvalue weighted by Gasteiger charge is -2.11. The number of urea groups is 1. The first-order valence-electron chi connectivity index (χ1n) is 5.98. The van der Waals surface area contributed by atoms with Crippen LogP contribution >= 0.6 is 0 Å². The van der Waals surface area contributed by atoms with Crippen LogP contribution in [0.15, 0.2) is 24.3 Å². The molecule has 0 aliphatic heterocycles. The summed E-state index contributed by atoms with van der Waals surface area (Å²) in [4.78, 5) is 11.5. The average molecular weight is 235 g/mol. The second kappa shape index (κ2) is 6.91. The fourth-order valence-corrected chi connectivity index (χ4v) is 1.54. The van der Waals surface area contributed by atoms with Crippen molar-refractivity contribution < 1.29 is 4.79 Å². The first kappa shape index (κ1) is 13.5. The summed E-state index contributed by atoms with van der Waals surface area (Å²) in [6.07, 6.45) is 1.90. The molecule has 0 bridgehead atoms. The van der Waals surface area contributed by atoms with Gasteiger partial charge in [0.15, 0.2) is 0 Å². The van der Waals surface area contributed by atoms with E-state index in [-0.39, 0.29) is 12.1 Å². The molecule has 0 heterocycles. The molecule has 4 nitrogen and oxygen atoms in total. The summed E-state index contributed by atoms with van der Waals surface area (Å²) in [5, 5.41) is 5.59. The van der Waals surface area contributed by atoms with E-state index in [1.165, 1.54) is 5.56 Å². The highest BCUT2D eigenvalue weighted by molar-refractivity contribution is 5.89. The number of carbonyl (C=O) groups is 1. The quantitative estimate of drug-likeness (QED) is 0.731. The number of nitrogens with two attached hydrogens (primary N) is 1. The van der Waals surface area contributed by atoms with Gasteiger partial charge in [0.05, 0.1) is 0 Å². The lowest BCUT2D eigenvalue weighted by molar-refractivity contribution is 0.250. The molecule has 4 N–H and O–H groups in total. The third-order valence-corrected chi connectivity index (χ3v) is 2.27. The molecule has 0 saturated carbocycles. The van der Waals surface area contributed by atoms with E-state index in [2.05, 4.69) is 10.6 Å². The highest BCUT2D eigenvalue weighted by Crippen LogP contribution is 2.11. The standard InChI is InChI=1S/C13H21N3O/c1-10(2)15-13(17)16-12-7-3-5-11(9-12)6-4-8-14/h3,5,7,9-10H,4,6,8,14H2,1-2H3,(H2,15,16,17). The van der Waals surface area contributed by atoms with E-state index >= 15 is 0 Å². The molecule has 0 radical (unpaired) electrons. The summed E-state index contributed by atoms with van der Waals surface area (Å²) in [7, 11) is 0. The highest BCUT2D eigenvalue weighted by Gasteiger charge is 2.03. The first-order chi connectivity index (χ1) is 8.11. The van der Waals surface area contributed by atoms with Gasteiger partial charge in [0.2, 0.25) is 0 Å². The lowest BCUT2D eigenvalue weighted by atomic mass is 10.1. The van der Waals surface area contributed by atoms with Crippen molar-refractivity contribution in [3.8, 4) is 0 Å². The van der Waals surface area contributed by atoms with Crippen LogP contribution in [-0.4, -0.2) is 18.6 Å². The van der Waals surface area contributed by atoms with Crippen molar-refractivity contribution in [2.75, 3.05) is 11.9 Å². The largest absolute Gasteiger partial charge is 0.336 e. The molecule has 94 valence electrons. The van der Waals surface area contributed by atoms with Gasteiger partial charge in [0.1, 0.15) is 0 Å². The molecule has 0 atom stereocenters. The maximum Gasteiger partial charge on any atom is 0.319 e. The molecule has 0 aromatic heterocycles. The molecule has 2 amide bonds. The van der Waals surface area contributed by atoms with E-state index in [4.69, 9.17) is 5.73 Å². The van der Waals surface area contributed by atoms with E-state index in [1.54, 1.807) is 0 Å². The molecule has 0 saturated heterocycles. The third kappa shape index (κ3) is 5.36. The molecule has 4 heteroatoms. The van der Waals surface area contributed by atoms with Crippen molar-refractivity contribution in [1.29, 1.82) is 0 Å². The summed E-state index contributed by atoms with van der Waals surface area (Å²) in [5.41, 5.74) is 7.48. The van der Waals surface area contributed by atoms with Crippen LogP contribution in [0.25, 0.3) is 0 Å². The second-order valence-corrected chi connectivity index (χ2v) is 4.35. The Hall–Kier alpha value is -1.55. The van der Waals surface area contributed by atoms with Gasteiger partial charge in [-0.1, -0.05) is 12.1 Å². The predicted octanol–water partition coefficient (Wildman–Crippen LogP) is 2.11. The molecule has 1 rings (SSSR count). The lowest BCUT2D eigenvalue weighted by Crippen LogP contribution is -2.34. The van der Waals surface area contributed by atoms with Crippen LogP contribution in [0.1, 0.15) is 25.8 Å². The number of hydrogen-bond acceptors (Lipinski definition) is 2. The van der Waals surface area contributed by atoms with Crippen LogP contribution in [0.5, 0.6) is 0 Å². The topological polar surface area (TPSA) is 67.2 Å². The zero-order valence-corrected chi connectivity index (χ0v) is 10.5.